The van der Waals surface area contributed by atoms with Gasteiger partial charge in [0.05, 0.1) is 11.4 Å². The summed E-state index contributed by atoms with van der Waals surface area (Å²) < 4.78 is 5.16. The van der Waals surface area contributed by atoms with Gasteiger partial charge in [-0.1, -0.05) is 42.0 Å². The molecule has 1 aromatic heterocycles. The zero-order valence-corrected chi connectivity index (χ0v) is 12.2. The van der Waals surface area contributed by atoms with Crippen molar-refractivity contribution in [3.63, 3.8) is 0 Å². The number of hydrogen-bond acceptors (Lipinski definition) is 4. The lowest BCUT2D eigenvalue weighted by Crippen LogP contribution is -2.03. The molecule has 0 amide bonds. The fourth-order valence-corrected chi connectivity index (χ4v) is 2.22. The first kappa shape index (κ1) is 13.9. The summed E-state index contributed by atoms with van der Waals surface area (Å²) in [6, 6.07) is 16.7. The second-order valence-corrected chi connectivity index (χ2v) is 5.09. The third kappa shape index (κ3) is 2.86. The number of nitrogens with one attached hydrogen (secondary N) is 1. The van der Waals surface area contributed by atoms with Crippen LogP contribution in [0.3, 0.4) is 0 Å². The summed E-state index contributed by atoms with van der Waals surface area (Å²) in [6.07, 6.45) is 1.69. The Labute approximate surface area is 127 Å². The molecule has 0 spiro atoms. The van der Waals surface area contributed by atoms with E-state index in [0.717, 1.165) is 10.9 Å². The third-order valence-electron chi connectivity index (χ3n) is 3.42. The van der Waals surface area contributed by atoms with Gasteiger partial charge >= 0.3 is 5.63 Å². The minimum absolute atomic E-state index is 0.400. The van der Waals surface area contributed by atoms with Crippen molar-refractivity contribution in [1.82, 2.24) is 0 Å². The smallest absolute Gasteiger partial charge is 0.338 e. The molecule has 0 aliphatic carbocycles. The van der Waals surface area contributed by atoms with Gasteiger partial charge in [-0.3, -0.25) is 0 Å². The van der Waals surface area contributed by atoms with Gasteiger partial charge in [-0.15, -0.1) is 0 Å². The summed E-state index contributed by atoms with van der Waals surface area (Å²) in [5, 5.41) is 3.92. The Kier molecular flexibility index (Phi) is 3.66. The number of para-hydroxylation sites is 1. The lowest BCUT2D eigenvalue weighted by atomic mass is 10.1. The maximum absolute atomic E-state index is 11.6. The highest BCUT2D eigenvalue weighted by atomic mass is 16.4. The Hall–Kier alpha value is -3.01. The molecule has 3 N–H and O–H groups in total. The summed E-state index contributed by atoms with van der Waals surface area (Å²) in [4.78, 5) is 11.6. The average Bonchev–Trinajstić information content (AvgIpc) is 2.52. The van der Waals surface area contributed by atoms with E-state index in [-0.39, 0.29) is 0 Å². The van der Waals surface area contributed by atoms with Crippen LogP contribution in [0.1, 0.15) is 11.1 Å². The first-order valence-electron chi connectivity index (χ1n) is 6.95. The largest absolute Gasteiger partial charge is 0.423 e. The molecule has 0 atom stereocenters. The van der Waals surface area contributed by atoms with Crippen molar-refractivity contribution in [2.75, 3.05) is 5.32 Å². The van der Waals surface area contributed by atoms with Gasteiger partial charge in [0, 0.05) is 17.7 Å². The molecule has 4 nitrogen and oxygen atoms in total. The molecule has 22 heavy (non-hydrogen) atoms. The number of nitrogens with two attached hydrogens (primary N) is 1. The normalized spacial score (nSPS) is 11.6. The Balaban J connectivity index is 1.94. The van der Waals surface area contributed by atoms with Crippen molar-refractivity contribution in [2.45, 2.75) is 6.92 Å². The van der Waals surface area contributed by atoms with E-state index in [2.05, 4.69) is 5.32 Å². The number of rotatable bonds is 3. The van der Waals surface area contributed by atoms with Crippen LogP contribution in [0.4, 0.5) is 5.69 Å². The zero-order valence-electron chi connectivity index (χ0n) is 12.2. The van der Waals surface area contributed by atoms with E-state index in [0.29, 0.717) is 17.0 Å². The molecule has 0 aliphatic rings. The van der Waals surface area contributed by atoms with Crippen molar-refractivity contribution in [2.24, 2.45) is 5.73 Å². The van der Waals surface area contributed by atoms with Gasteiger partial charge < -0.3 is 15.5 Å². The number of benzene rings is 2. The maximum atomic E-state index is 11.6. The Morgan fingerprint density at radius 3 is 2.64 bits per heavy atom. The Bertz CT molecular complexity index is 893. The fraction of sp³-hybridized carbons (Fsp3) is 0.0556. The maximum Gasteiger partial charge on any atom is 0.338 e. The molecule has 3 aromatic rings. The highest BCUT2D eigenvalue weighted by molar-refractivity contribution is 5.90. The van der Waals surface area contributed by atoms with Crippen LogP contribution in [0.2, 0.25) is 0 Å². The first-order valence-corrected chi connectivity index (χ1v) is 6.95. The van der Waals surface area contributed by atoms with Crippen LogP contribution in [0.15, 0.2) is 70.0 Å². The molecule has 0 fully saturated rings. The monoisotopic (exact) mass is 292 g/mol. The van der Waals surface area contributed by atoms with Crippen molar-refractivity contribution in [3.05, 3.63) is 82.3 Å². The van der Waals surface area contributed by atoms with E-state index in [1.807, 2.05) is 49.4 Å². The molecule has 0 aliphatic heterocycles. The predicted octanol–water partition coefficient (Wildman–Crippen LogP) is 3.47. The van der Waals surface area contributed by atoms with Gasteiger partial charge in [-0.25, -0.2) is 4.79 Å². The van der Waals surface area contributed by atoms with Crippen LogP contribution in [-0.4, -0.2) is 0 Å². The van der Waals surface area contributed by atoms with Crippen LogP contribution in [0.25, 0.3) is 16.7 Å². The quantitative estimate of drug-likeness (QED) is 0.725. The van der Waals surface area contributed by atoms with E-state index < -0.39 is 5.63 Å². The standard InChI is InChI=1S/C18H16N2O2/c1-12-6-8-13(9-7-12)15(19)11-20-16-10-18(21)22-17-5-3-2-4-14(16)17/h2-11,20H,19H2,1H3/b15-11-. The summed E-state index contributed by atoms with van der Waals surface area (Å²) in [5.41, 5.74) is 9.58. The summed E-state index contributed by atoms with van der Waals surface area (Å²) in [6.45, 7) is 2.03. The molecule has 0 saturated heterocycles. The molecule has 0 unspecified atom stereocenters. The number of hydrogen-bond donors (Lipinski definition) is 2. The minimum atomic E-state index is -0.400. The Morgan fingerprint density at radius 1 is 1.14 bits per heavy atom. The lowest BCUT2D eigenvalue weighted by molar-refractivity contribution is 0.561. The topological polar surface area (TPSA) is 68.3 Å². The molecule has 1 heterocycles. The molecular weight excluding hydrogens is 276 g/mol. The Morgan fingerprint density at radius 2 is 1.86 bits per heavy atom. The van der Waals surface area contributed by atoms with E-state index in [1.165, 1.54) is 11.6 Å². The van der Waals surface area contributed by atoms with Crippen LogP contribution < -0.4 is 16.7 Å². The molecule has 0 radical (unpaired) electrons. The summed E-state index contributed by atoms with van der Waals surface area (Å²) in [5.74, 6) is 0. The molecule has 3 rings (SSSR count). The summed E-state index contributed by atoms with van der Waals surface area (Å²) >= 11 is 0. The van der Waals surface area contributed by atoms with Crippen molar-refractivity contribution < 1.29 is 4.42 Å². The number of anilines is 1. The molecule has 0 saturated carbocycles. The van der Waals surface area contributed by atoms with Gasteiger partial charge in [-0.2, -0.15) is 0 Å². The van der Waals surface area contributed by atoms with Gasteiger partial charge in [0.2, 0.25) is 0 Å². The van der Waals surface area contributed by atoms with Crippen LogP contribution in [0, 0.1) is 6.92 Å². The second kappa shape index (κ2) is 5.77. The molecule has 110 valence electrons. The lowest BCUT2D eigenvalue weighted by Gasteiger charge is -2.07. The van der Waals surface area contributed by atoms with Crippen LogP contribution in [-0.2, 0) is 0 Å². The number of fused-ring (bicyclic) bond motifs is 1. The summed E-state index contributed by atoms with van der Waals surface area (Å²) in [7, 11) is 0. The fourth-order valence-electron chi connectivity index (χ4n) is 2.22. The van der Waals surface area contributed by atoms with E-state index >= 15 is 0 Å². The zero-order chi connectivity index (χ0) is 15.5. The minimum Gasteiger partial charge on any atom is -0.423 e. The first-order chi connectivity index (χ1) is 10.6. The van der Waals surface area contributed by atoms with Gasteiger partial charge in [0.1, 0.15) is 5.58 Å². The molecule has 4 heteroatoms. The third-order valence-corrected chi connectivity index (χ3v) is 3.42. The van der Waals surface area contributed by atoms with Crippen LogP contribution in [0.5, 0.6) is 0 Å². The van der Waals surface area contributed by atoms with E-state index in [4.69, 9.17) is 10.2 Å². The van der Waals surface area contributed by atoms with Crippen molar-refractivity contribution >= 4 is 22.4 Å². The van der Waals surface area contributed by atoms with Gasteiger partial charge in [0.15, 0.2) is 0 Å². The van der Waals surface area contributed by atoms with Gasteiger partial charge in [-0.05, 0) is 24.6 Å². The molecular formula is C18H16N2O2. The molecule has 2 aromatic carbocycles. The van der Waals surface area contributed by atoms with Crippen molar-refractivity contribution in [3.8, 4) is 0 Å². The highest BCUT2D eigenvalue weighted by Crippen LogP contribution is 2.21. The molecule has 0 bridgehead atoms. The average molecular weight is 292 g/mol. The SMILES string of the molecule is Cc1ccc(/C(N)=C/Nc2cc(=O)oc3ccccc23)cc1. The second-order valence-electron chi connectivity index (χ2n) is 5.09. The predicted molar refractivity (Wildman–Crippen MR) is 89.5 cm³/mol. The van der Waals surface area contributed by atoms with E-state index in [1.54, 1.807) is 12.3 Å². The highest BCUT2D eigenvalue weighted by Gasteiger charge is 2.04. The van der Waals surface area contributed by atoms with Crippen LogP contribution >= 0.6 is 0 Å². The van der Waals surface area contributed by atoms with Gasteiger partial charge in [0.25, 0.3) is 0 Å². The number of aryl methyl sites for hydroxylation is 1. The van der Waals surface area contributed by atoms with E-state index in [9.17, 15) is 4.79 Å². The van der Waals surface area contributed by atoms with Crippen molar-refractivity contribution in [1.29, 1.82) is 0 Å².